The van der Waals surface area contributed by atoms with E-state index in [9.17, 15) is 5.11 Å². The van der Waals surface area contributed by atoms with Crippen molar-refractivity contribution in [1.29, 1.82) is 0 Å². The van der Waals surface area contributed by atoms with Crippen LogP contribution in [0.4, 0.5) is 5.69 Å². The van der Waals surface area contributed by atoms with Gasteiger partial charge in [-0.2, -0.15) is 0 Å². The van der Waals surface area contributed by atoms with Crippen molar-refractivity contribution in [2.45, 2.75) is 12.5 Å². The van der Waals surface area contributed by atoms with Gasteiger partial charge in [-0.1, -0.05) is 12.1 Å². The summed E-state index contributed by atoms with van der Waals surface area (Å²) in [5.74, 6) is 0.537. The fraction of sp³-hybridized carbons (Fsp3) is 0.188. The highest BCUT2D eigenvalue weighted by molar-refractivity contribution is 9.10. The van der Waals surface area contributed by atoms with Gasteiger partial charge in [0.2, 0.25) is 0 Å². The molecule has 2 aromatic heterocycles. The van der Waals surface area contributed by atoms with Crippen LogP contribution in [0.3, 0.4) is 0 Å². The molecule has 0 amide bonds. The van der Waals surface area contributed by atoms with Crippen molar-refractivity contribution in [2.75, 3.05) is 11.9 Å². The van der Waals surface area contributed by atoms with Crippen molar-refractivity contribution in [3.05, 3.63) is 59.1 Å². The molecule has 0 radical (unpaired) electrons. The van der Waals surface area contributed by atoms with E-state index in [1.165, 1.54) is 0 Å². The lowest BCUT2D eigenvalue weighted by Crippen LogP contribution is -2.30. The molecule has 0 saturated carbocycles. The van der Waals surface area contributed by atoms with Crippen LogP contribution in [-0.4, -0.2) is 16.6 Å². The van der Waals surface area contributed by atoms with E-state index in [2.05, 4.69) is 26.2 Å². The molecule has 3 aromatic rings. The van der Waals surface area contributed by atoms with Crippen molar-refractivity contribution < 1.29 is 9.52 Å². The molecule has 0 aliphatic rings. The Kier molecular flexibility index (Phi) is 3.69. The number of furan rings is 1. The molecule has 3 rings (SSSR count). The van der Waals surface area contributed by atoms with Crippen LogP contribution in [0.2, 0.25) is 0 Å². The van der Waals surface area contributed by atoms with Crippen LogP contribution in [0.25, 0.3) is 10.9 Å². The monoisotopic (exact) mass is 346 g/mol. The van der Waals surface area contributed by atoms with Crippen molar-refractivity contribution >= 4 is 32.5 Å². The molecule has 0 aliphatic heterocycles. The minimum Gasteiger partial charge on any atom is -0.466 e. The fourth-order valence-electron chi connectivity index (χ4n) is 2.23. The summed E-state index contributed by atoms with van der Waals surface area (Å²) in [6.45, 7) is 2.06. The summed E-state index contributed by atoms with van der Waals surface area (Å²) in [6, 6.07) is 11.3. The summed E-state index contributed by atoms with van der Waals surface area (Å²) in [4.78, 5) is 4.37. The molecule has 1 unspecified atom stereocenters. The number of benzene rings is 1. The smallest absolute Gasteiger partial charge is 0.136 e. The molecule has 2 N–H and O–H groups in total. The maximum atomic E-state index is 10.5. The Bertz CT molecular complexity index is 754. The molecule has 0 bridgehead atoms. The van der Waals surface area contributed by atoms with Crippen molar-refractivity contribution in [1.82, 2.24) is 4.98 Å². The second-order valence-corrected chi connectivity index (χ2v) is 5.95. The van der Waals surface area contributed by atoms with Gasteiger partial charge in [-0.05, 0) is 47.1 Å². The third-order valence-electron chi connectivity index (χ3n) is 3.40. The predicted octanol–water partition coefficient (Wildman–Crippen LogP) is 3.91. The average Bonchev–Trinajstić information content (AvgIpc) is 3.01. The summed E-state index contributed by atoms with van der Waals surface area (Å²) in [7, 11) is 0. The number of halogens is 1. The normalized spacial score (nSPS) is 14.0. The highest BCUT2D eigenvalue weighted by atomic mass is 79.9. The third-order valence-corrected chi connectivity index (χ3v) is 4.04. The standard InChI is InChI=1S/C16H15BrN2O2/c1-16(20,14-6-3-9-21-14)10-19-13-7-8-18-15-11(13)4-2-5-12(15)17/h2-9,20H,10H2,1H3,(H,18,19). The van der Waals surface area contributed by atoms with Gasteiger partial charge in [0.15, 0.2) is 0 Å². The van der Waals surface area contributed by atoms with Gasteiger partial charge in [0.05, 0.1) is 18.3 Å². The van der Waals surface area contributed by atoms with Gasteiger partial charge >= 0.3 is 0 Å². The van der Waals surface area contributed by atoms with Crippen LogP contribution >= 0.6 is 15.9 Å². The van der Waals surface area contributed by atoms with Crippen molar-refractivity contribution in [3.8, 4) is 0 Å². The highest BCUT2D eigenvalue weighted by Gasteiger charge is 2.26. The molecule has 5 heteroatoms. The third kappa shape index (κ3) is 2.80. The van der Waals surface area contributed by atoms with Gasteiger partial charge in [-0.25, -0.2) is 0 Å². The lowest BCUT2D eigenvalue weighted by atomic mass is 10.0. The molecule has 4 nitrogen and oxygen atoms in total. The molecule has 0 spiro atoms. The largest absolute Gasteiger partial charge is 0.466 e. The topological polar surface area (TPSA) is 58.3 Å². The number of nitrogens with zero attached hydrogens (tertiary/aromatic N) is 1. The van der Waals surface area contributed by atoms with E-state index in [0.717, 1.165) is 21.1 Å². The Morgan fingerprint density at radius 1 is 1.29 bits per heavy atom. The van der Waals surface area contributed by atoms with E-state index in [0.29, 0.717) is 12.3 Å². The van der Waals surface area contributed by atoms with Gasteiger partial charge in [0.25, 0.3) is 0 Å². The van der Waals surface area contributed by atoms with E-state index in [1.807, 2.05) is 24.3 Å². The lowest BCUT2D eigenvalue weighted by molar-refractivity contribution is 0.0477. The van der Waals surface area contributed by atoms with Crippen LogP contribution in [0, 0.1) is 0 Å². The zero-order valence-corrected chi connectivity index (χ0v) is 13.1. The first-order chi connectivity index (χ1) is 10.1. The van der Waals surface area contributed by atoms with Crippen LogP contribution in [0.5, 0.6) is 0 Å². The molecule has 1 atom stereocenters. The zero-order chi connectivity index (χ0) is 14.9. The highest BCUT2D eigenvalue weighted by Crippen LogP contribution is 2.28. The first-order valence-corrected chi connectivity index (χ1v) is 7.41. The second-order valence-electron chi connectivity index (χ2n) is 5.10. The Labute approximate surface area is 130 Å². The Morgan fingerprint density at radius 3 is 2.90 bits per heavy atom. The Hall–Kier alpha value is -1.85. The fourth-order valence-corrected chi connectivity index (χ4v) is 2.70. The van der Waals surface area contributed by atoms with Crippen molar-refractivity contribution in [2.24, 2.45) is 0 Å². The zero-order valence-electron chi connectivity index (χ0n) is 11.5. The van der Waals surface area contributed by atoms with E-state index in [1.54, 1.807) is 31.5 Å². The first kappa shape index (κ1) is 14.1. The second kappa shape index (κ2) is 5.50. The number of rotatable bonds is 4. The molecule has 0 saturated heterocycles. The van der Waals surface area contributed by atoms with Gasteiger partial charge in [0.1, 0.15) is 11.4 Å². The number of pyridine rings is 1. The molecule has 108 valence electrons. The summed E-state index contributed by atoms with van der Waals surface area (Å²) < 4.78 is 6.23. The van der Waals surface area contributed by atoms with Gasteiger partial charge in [-0.3, -0.25) is 4.98 Å². The number of nitrogens with one attached hydrogen (secondary N) is 1. The number of anilines is 1. The molecule has 2 heterocycles. The number of hydrogen-bond acceptors (Lipinski definition) is 4. The van der Waals surface area contributed by atoms with E-state index < -0.39 is 5.60 Å². The molecular formula is C16H15BrN2O2. The van der Waals surface area contributed by atoms with Gasteiger partial charge in [-0.15, -0.1) is 0 Å². The van der Waals surface area contributed by atoms with Crippen LogP contribution in [0.15, 0.2) is 57.7 Å². The summed E-state index contributed by atoms with van der Waals surface area (Å²) in [5.41, 5.74) is 0.735. The van der Waals surface area contributed by atoms with E-state index >= 15 is 0 Å². The van der Waals surface area contributed by atoms with E-state index in [-0.39, 0.29) is 0 Å². The quantitative estimate of drug-likeness (QED) is 0.751. The number of para-hydroxylation sites is 1. The molecule has 0 fully saturated rings. The Balaban J connectivity index is 1.88. The molecular weight excluding hydrogens is 332 g/mol. The number of aromatic nitrogens is 1. The van der Waals surface area contributed by atoms with Gasteiger partial charge < -0.3 is 14.8 Å². The number of hydrogen-bond donors (Lipinski definition) is 2. The SMILES string of the molecule is CC(O)(CNc1ccnc2c(Br)cccc12)c1ccco1. The summed E-state index contributed by atoms with van der Waals surface area (Å²) in [6.07, 6.45) is 3.31. The minimum absolute atomic E-state index is 0.339. The van der Waals surface area contributed by atoms with Gasteiger partial charge in [0, 0.05) is 21.7 Å². The average molecular weight is 347 g/mol. The molecule has 1 aromatic carbocycles. The minimum atomic E-state index is -1.08. The maximum Gasteiger partial charge on any atom is 0.136 e. The van der Waals surface area contributed by atoms with Crippen LogP contribution < -0.4 is 5.32 Å². The van der Waals surface area contributed by atoms with Crippen LogP contribution in [-0.2, 0) is 5.60 Å². The number of aliphatic hydroxyl groups is 1. The molecule has 0 aliphatic carbocycles. The number of fused-ring (bicyclic) bond motifs is 1. The maximum absolute atomic E-state index is 10.5. The van der Waals surface area contributed by atoms with Crippen molar-refractivity contribution in [3.63, 3.8) is 0 Å². The summed E-state index contributed by atoms with van der Waals surface area (Å²) >= 11 is 3.50. The Morgan fingerprint density at radius 2 is 2.14 bits per heavy atom. The van der Waals surface area contributed by atoms with E-state index in [4.69, 9.17) is 4.42 Å². The van der Waals surface area contributed by atoms with Crippen LogP contribution in [0.1, 0.15) is 12.7 Å². The lowest BCUT2D eigenvalue weighted by Gasteiger charge is -2.22. The molecule has 21 heavy (non-hydrogen) atoms. The predicted molar refractivity (Wildman–Crippen MR) is 86.2 cm³/mol. The summed E-state index contributed by atoms with van der Waals surface area (Å²) in [5, 5.41) is 14.8. The first-order valence-electron chi connectivity index (χ1n) is 6.61.